The van der Waals surface area contributed by atoms with Crippen LogP contribution in [0, 0.1) is 5.21 Å². The van der Waals surface area contributed by atoms with E-state index in [-0.39, 0.29) is 12.1 Å². The molecule has 3 rings (SSSR count). The van der Waals surface area contributed by atoms with Crippen molar-refractivity contribution in [2.24, 2.45) is 0 Å². The molecule has 8 heteroatoms. The van der Waals surface area contributed by atoms with Gasteiger partial charge in [-0.15, -0.1) is 4.85 Å². The molecule has 1 amide bonds. The summed E-state index contributed by atoms with van der Waals surface area (Å²) in [6.45, 7) is 3.12. The summed E-state index contributed by atoms with van der Waals surface area (Å²) in [6.07, 6.45) is -0.737. The van der Waals surface area contributed by atoms with E-state index < -0.39 is 17.5 Å². The molecule has 0 bridgehead atoms. The van der Waals surface area contributed by atoms with Crippen LogP contribution in [0.5, 0.6) is 0 Å². The zero-order valence-corrected chi connectivity index (χ0v) is 14.4. The number of fused-ring (bicyclic) bond motifs is 1. The Morgan fingerprint density at radius 2 is 1.81 bits per heavy atom. The summed E-state index contributed by atoms with van der Waals surface area (Å²) in [7, 11) is 0. The number of alkyl carbamates (subject to hydrolysis) is 1. The Kier molecular flexibility index (Phi) is 4.57. The number of hydrogen-bond acceptors (Lipinski definition) is 5. The summed E-state index contributed by atoms with van der Waals surface area (Å²) >= 11 is 0. The van der Waals surface area contributed by atoms with Gasteiger partial charge in [0.2, 0.25) is 11.0 Å². The second-order valence-electron chi connectivity index (χ2n) is 6.28. The lowest BCUT2D eigenvalue weighted by Crippen LogP contribution is -2.52. The number of benzene rings is 2. The normalized spacial score (nSPS) is 11.3. The maximum Gasteiger partial charge on any atom is 0.408 e. The van der Waals surface area contributed by atoms with Crippen molar-refractivity contribution in [1.29, 1.82) is 0 Å². The first kappa shape index (κ1) is 17.4. The third-order valence-corrected chi connectivity index (χ3v) is 3.84. The van der Waals surface area contributed by atoms with Crippen LogP contribution in [-0.2, 0) is 11.3 Å². The quantitative estimate of drug-likeness (QED) is 0.571. The lowest BCUT2D eigenvalue weighted by atomic mass is 10.1. The number of rotatable bonds is 4. The van der Waals surface area contributed by atoms with Crippen LogP contribution >= 0.6 is 0 Å². The van der Waals surface area contributed by atoms with Crippen LogP contribution in [0.15, 0.2) is 54.6 Å². The first-order valence-corrected chi connectivity index (χ1v) is 8.00. The van der Waals surface area contributed by atoms with Gasteiger partial charge >= 0.3 is 12.0 Å². The molecule has 2 aromatic carbocycles. The van der Waals surface area contributed by atoms with Crippen molar-refractivity contribution in [3.63, 3.8) is 0 Å². The number of aromatic nitrogens is 3. The van der Waals surface area contributed by atoms with Crippen molar-refractivity contribution < 1.29 is 19.2 Å². The first-order chi connectivity index (χ1) is 12.4. The Morgan fingerprint density at radius 1 is 1.15 bits per heavy atom. The molecule has 1 N–H and O–H groups in total. The minimum absolute atomic E-state index is 0.0855. The summed E-state index contributed by atoms with van der Waals surface area (Å²) < 4.78 is 6.13. The van der Waals surface area contributed by atoms with E-state index >= 15 is 0 Å². The Bertz CT molecular complexity index is 950. The number of carbonyl (C=O) groups is 2. The molecule has 0 aliphatic carbocycles. The van der Waals surface area contributed by atoms with Crippen molar-refractivity contribution in [2.45, 2.75) is 26.0 Å². The van der Waals surface area contributed by atoms with E-state index in [0.717, 1.165) is 10.2 Å². The van der Waals surface area contributed by atoms with Gasteiger partial charge in [0.25, 0.3) is 0 Å². The fourth-order valence-electron chi connectivity index (χ4n) is 2.47. The third-order valence-electron chi connectivity index (χ3n) is 3.84. The van der Waals surface area contributed by atoms with Gasteiger partial charge in [-0.05, 0) is 31.5 Å². The van der Waals surface area contributed by atoms with Gasteiger partial charge in [-0.25, -0.2) is 9.59 Å². The lowest BCUT2D eigenvalue weighted by Gasteiger charge is -2.21. The van der Waals surface area contributed by atoms with Gasteiger partial charge in [0.15, 0.2) is 0 Å². The van der Waals surface area contributed by atoms with Crippen LogP contribution in [0.4, 0.5) is 4.79 Å². The molecule has 0 aliphatic heterocycles. The largest absolute Gasteiger partial charge is 0.691 e. The van der Waals surface area contributed by atoms with Crippen LogP contribution in [0.2, 0.25) is 0 Å². The molecule has 1 aromatic heterocycles. The van der Waals surface area contributed by atoms with E-state index in [9.17, 15) is 14.8 Å². The summed E-state index contributed by atoms with van der Waals surface area (Å²) in [6, 6.07) is 15.7. The maximum atomic E-state index is 12.8. The van der Waals surface area contributed by atoms with E-state index in [1.54, 1.807) is 24.3 Å². The average Bonchev–Trinajstić information content (AvgIpc) is 2.97. The minimum atomic E-state index is -1.32. The molecule has 26 heavy (non-hydrogen) atoms. The molecule has 1 heterocycles. The number of nitrogens with one attached hydrogen (secondary N) is 1. The Balaban J connectivity index is 1.72. The number of nitrogens with zero attached hydrogens (tertiary/aromatic N) is 3. The second-order valence-corrected chi connectivity index (χ2v) is 6.28. The Morgan fingerprint density at radius 3 is 2.54 bits per heavy atom. The van der Waals surface area contributed by atoms with Gasteiger partial charge in [0, 0.05) is 0 Å². The number of hydrogen-bond donors (Lipinski definition) is 1. The molecule has 0 aliphatic rings. The molecule has 3 aromatic rings. The predicted octanol–water partition coefficient (Wildman–Crippen LogP) is 2.01. The van der Waals surface area contributed by atoms with Gasteiger partial charge in [0.1, 0.15) is 17.4 Å². The predicted molar refractivity (Wildman–Crippen MR) is 93.2 cm³/mol. The van der Waals surface area contributed by atoms with Gasteiger partial charge in [-0.1, -0.05) is 47.1 Å². The molecule has 0 saturated heterocycles. The van der Waals surface area contributed by atoms with Crippen molar-refractivity contribution >= 4 is 23.0 Å². The fraction of sp³-hybridized carbons (Fsp3) is 0.222. The third kappa shape index (κ3) is 3.49. The van der Waals surface area contributed by atoms with Gasteiger partial charge in [0.05, 0.1) is 0 Å². The molecule has 0 fully saturated rings. The van der Waals surface area contributed by atoms with Crippen molar-refractivity contribution in [3.8, 4) is 0 Å². The summed E-state index contributed by atoms with van der Waals surface area (Å²) in [5.41, 5.74) is 0.135. The summed E-state index contributed by atoms with van der Waals surface area (Å²) in [5, 5.41) is 18.0. The van der Waals surface area contributed by atoms with Crippen molar-refractivity contribution in [1.82, 2.24) is 15.2 Å². The molecule has 0 spiro atoms. The van der Waals surface area contributed by atoms with E-state index in [1.165, 1.54) is 13.8 Å². The smallest absolute Gasteiger partial charge is 0.408 e. The van der Waals surface area contributed by atoms with E-state index in [4.69, 9.17) is 4.74 Å². The average molecular weight is 354 g/mol. The molecule has 8 nitrogen and oxygen atoms in total. The summed E-state index contributed by atoms with van der Waals surface area (Å²) in [4.78, 5) is 25.2. The Labute approximate surface area is 149 Å². The highest BCUT2D eigenvalue weighted by Gasteiger charge is 2.38. The lowest BCUT2D eigenvalue weighted by molar-refractivity contribution is -0.645. The molecular weight excluding hydrogens is 336 g/mol. The van der Waals surface area contributed by atoms with Crippen LogP contribution in [0.1, 0.15) is 24.2 Å². The molecule has 0 radical (unpaired) electrons. The highest BCUT2D eigenvalue weighted by atomic mass is 16.5. The Hall–Kier alpha value is -3.42. The fourth-order valence-corrected chi connectivity index (χ4v) is 2.47. The SMILES string of the molecule is CC(C)(NC(=O)OCc1ccccc1)C(=O)n1n[n+]([O-])c2ccccc21. The minimum Gasteiger partial charge on any atom is -0.691 e. The van der Waals surface area contributed by atoms with Gasteiger partial charge in [-0.3, -0.25) is 0 Å². The zero-order valence-electron chi connectivity index (χ0n) is 14.4. The van der Waals surface area contributed by atoms with Crippen LogP contribution in [0.3, 0.4) is 0 Å². The highest BCUT2D eigenvalue weighted by Crippen LogP contribution is 2.13. The van der Waals surface area contributed by atoms with Crippen LogP contribution < -0.4 is 10.2 Å². The first-order valence-electron chi connectivity index (χ1n) is 8.00. The molecule has 0 atom stereocenters. The summed E-state index contributed by atoms with van der Waals surface area (Å²) in [5.74, 6) is -0.556. The van der Waals surface area contributed by atoms with E-state index in [1.807, 2.05) is 30.3 Å². The number of ether oxygens (including phenoxy) is 1. The highest BCUT2D eigenvalue weighted by molar-refractivity contribution is 5.95. The number of amides is 1. The van der Waals surface area contributed by atoms with Gasteiger partial charge in [-0.2, -0.15) is 0 Å². The van der Waals surface area contributed by atoms with Crippen molar-refractivity contribution in [3.05, 3.63) is 65.4 Å². The number of carbonyl (C=O) groups excluding carboxylic acids is 2. The molecule has 0 unspecified atom stereocenters. The topological polar surface area (TPSA) is 100 Å². The van der Waals surface area contributed by atoms with E-state index in [0.29, 0.717) is 10.4 Å². The van der Waals surface area contributed by atoms with E-state index in [2.05, 4.69) is 10.5 Å². The maximum absolute atomic E-state index is 12.8. The zero-order chi connectivity index (χ0) is 18.7. The van der Waals surface area contributed by atoms with Gasteiger partial charge < -0.3 is 15.3 Å². The number of para-hydroxylation sites is 2. The molecule has 0 saturated carbocycles. The molecular formula is C18H18N4O4. The van der Waals surface area contributed by atoms with Crippen LogP contribution in [0.25, 0.3) is 11.0 Å². The second kappa shape index (κ2) is 6.83. The monoisotopic (exact) mass is 354 g/mol. The standard InChI is InChI=1S/C18H18N4O4/c1-18(2,19-17(24)26-12-13-8-4-3-5-9-13)16(23)21-14-10-6-7-11-15(14)22(25)20-21/h3-11H,12H2,1-2H3,(H,19,24). The van der Waals surface area contributed by atoms with Crippen LogP contribution in [-0.4, -0.2) is 27.4 Å². The molecule has 134 valence electrons. The van der Waals surface area contributed by atoms with Crippen molar-refractivity contribution in [2.75, 3.05) is 0 Å².